The minimum atomic E-state index is -0.789. The third kappa shape index (κ3) is 9.22. The van der Waals surface area contributed by atoms with Gasteiger partial charge in [0.2, 0.25) is 0 Å². The lowest BCUT2D eigenvalue weighted by Crippen LogP contribution is -2.60. The van der Waals surface area contributed by atoms with Gasteiger partial charge in [-0.05, 0) is 174 Å². The number of aromatic nitrogens is 5. The van der Waals surface area contributed by atoms with Crippen molar-refractivity contribution in [2.75, 3.05) is 4.90 Å². The summed E-state index contributed by atoms with van der Waals surface area (Å²) in [7, 11) is 0. The molecule has 0 fully saturated rings. The van der Waals surface area contributed by atoms with E-state index in [1.165, 1.54) is 0 Å². The Bertz CT molecular complexity index is 9120. The first kappa shape index (κ1) is 52.1. The van der Waals surface area contributed by atoms with E-state index >= 15 is 0 Å². The third-order valence-electron chi connectivity index (χ3n) is 25.2. The molecule has 0 N–H and O–H groups in total. The molecule has 6 aromatic heterocycles. The fourth-order valence-corrected chi connectivity index (χ4v) is 20.1. The van der Waals surface area contributed by atoms with Crippen LogP contribution in [0.2, 0.25) is 0 Å². The number of hydrogen-bond acceptors (Lipinski definition) is 1. The zero-order valence-corrected chi connectivity index (χ0v) is 64.6. The van der Waals surface area contributed by atoms with Crippen LogP contribution < -0.4 is 21.3 Å². The zero-order chi connectivity index (χ0) is 91.5. The van der Waals surface area contributed by atoms with Crippen LogP contribution in [-0.4, -0.2) is 29.4 Å². The van der Waals surface area contributed by atoms with Crippen LogP contribution in [0, 0.1) is 0 Å². The average Bonchev–Trinajstić information content (AvgIpc) is 1.54. The first-order chi connectivity index (χ1) is 64.0. The quantitative estimate of drug-likeness (QED) is 0.152. The summed E-state index contributed by atoms with van der Waals surface area (Å²) < 4.78 is 164. The molecule has 0 spiro atoms. The molecule has 25 rings (SSSR count). The van der Waals surface area contributed by atoms with Gasteiger partial charge in [0.15, 0.2) is 0 Å². The van der Waals surface area contributed by atoms with Crippen molar-refractivity contribution in [3.63, 3.8) is 0 Å². The highest BCUT2D eigenvalue weighted by molar-refractivity contribution is 7.00. The molecule has 23 aromatic rings. The van der Waals surface area contributed by atoms with Crippen molar-refractivity contribution in [2.24, 2.45) is 0 Å². The van der Waals surface area contributed by atoms with Crippen molar-refractivity contribution in [3.8, 4) is 45.0 Å². The SMILES string of the molecule is [2H]c1c([2H])c([2H])c2c(c1[2H])c1c([2H])c([2H])c([2H])c([2H])c1n2-c1ccc2c(c1)N(c1c(-c3ccccc3)cccc1-c1ccccc1)c1c3c(cc4c1c1cccc5c6ccccc6c6ccccc6c6ccccc6n4c51)-n1c4ccc(-n5c6c([2H])c([2H])c([2H])c([2H])c6c6c([2H])c([2H])c([2H])c([2H])c65)cc4c4cc(-n5c6ccc(C(C)(C)C)cc6c6cc(C(C)(C)C)ccc65)cc(c41)B23. The second-order valence-corrected chi connectivity index (χ2v) is 33.5. The molecule has 2 aliphatic heterocycles. The molecule has 0 saturated carbocycles. The van der Waals surface area contributed by atoms with E-state index in [9.17, 15) is 19.2 Å². The van der Waals surface area contributed by atoms with Crippen molar-refractivity contribution in [3.05, 3.63) is 369 Å². The smallest absolute Gasteiger partial charge is 0.252 e. The molecule has 8 heterocycles. The van der Waals surface area contributed by atoms with Crippen LogP contribution in [-0.2, 0) is 10.8 Å². The van der Waals surface area contributed by atoms with Crippen LogP contribution in [0.15, 0.2) is 358 Å². The summed E-state index contributed by atoms with van der Waals surface area (Å²) in [6, 6.07) is 84.1. The number of fused-ring (bicyclic) bond motifs is 27. The Morgan fingerprint density at radius 3 is 1.26 bits per heavy atom. The summed E-state index contributed by atoms with van der Waals surface area (Å²) in [6.07, 6.45) is 0. The molecule has 17 aromatic carbocycles. The fourth-order valence-electron chi connectivity index (χ4n) is 20.1. The molecule has 7 heteroatoms. The van der Waals surface area contributed by atoms with E-state index < -0.39 is 103 Å². The minimum absolute atomic E-state index is 0.0234. The maximum atomic E-state index is 10.1. The number of nitrogens with zero attached hydrogens (tertiary/aromatic N) is 6. The molecular weight excluding hydrogens is 1420 g/mol. The van der Waals surface area contributed by atoms with Gasteiger partial charge >= 0.3 is 0 Å². The highest BCUT2D eigenvalue weighted by Crippen LogP contribution is 2.55. The molecular formula is C110H77BN6. The van der Waals surface area contributed by atoms with Gasteiger partial charge in [-0.1, -0.05) is 296 Å². The lowest BCUT2D eigenvalue weighted by molar-refractivity contribution is 0.590. The number of hydrogen-bond donors (Lipinski definition) is 0. The summed E-state index contributed by atoms with van der Waals surface area (Å²) in [6.45, 7) is 12.6. The van der Waals surface area contributed by atoms with Gasteiger partial charge in [-0.2, -0.15) is 0 Å². The molecule has 6 nitrogen and oxygen atoms in total. The Morgan fingerprint density at radius 2 is 0.701 bits per heavy atom. The summed E-state index contributed by atoms with van der Waals surface area (Å²) in [5, 5.41) is 11.1. The van der Waals surface area contributed by atoms with Crippen LogP contribution in [0.4, 0.5) is 17.1 Å². The topological polar surface area (TPSA) is 27.4 Å². The van der Waals surface area contributed by atoms with Gasteiger partial charge in [0.1, 0.15) is 0 Å². The number of anilines is 3. The molecule has 0 saturated heterocycles. The van der Waals surface area contributed by atoms with Crippen molar-refractivity contribution in [2.45, 2.75) is 52.4 Å². The maximum Gasteiger partial charge on any atom is 0.252 e. The highest BCUT2D eigenvalue weighted by atomic mass is 15.2. The standard InChI is InChI=1S/C110H77BN6/c1-109(2,3)68-51-56-97-86(59-68)87-60-69(110(4,5)6)52-57-98(87)114(97)72-62-89-88-61-70(112-92-46-22-18-38-80(92)81-39-19-23-47-93(81)112)54-58-99(88)116-102-65-101-103(85-45-28-44-84-78-36-16-14-34-76(78)75-33-13-15-35-77(75)79-37-17-26-50-96(79)115(101)106(84)85)108-104(102)111(91(63-72)107(89)116)90-55-53-71(113-94-48-24-20-40-82(94)83-41-21-25-49-95(83)113)64-100(90)117(108)105-73(66-29-9-7-10-30-66)42-27-43-74(105)67-31-11-8-12-32-67/h7-65H,1-6H3/i18D,19D,20D,21D,22D,23D,24D,25D,38D,39D,40D,41D,46D,47D,48D,49D. The van der Waals surface area contributed by atoms with Crippen LogP contribution in [0.3, 0.4) is 0 Å². The Labute approximate surface area is 699 Å². The number of para-hydroxylation sites is 7. The molecule has 2 aliphatic rings. The average molecular weight is 1510 g/mol. The molecule has 117 heavy (non-hydrogen) atoms. The zero-order valence-electron chi connectivity index (χ0n) is 80.6. The lowest BCUT2D eigenvalue weighted by Gasteiger charge is -2.42. The molecule has 0 bridgehead atoms. The lowest BCUT2D eigenvalue weighted by atomic mass is 9.33. The van der Waals surface area contributed by atoms with E-state index in [0.717, 1.165) is 170 Å². The molecule has 0 atom stereocenters. The Morgan fingerprint density at radius 1 is 0.265 bits per heavy atom. The van der Waals surface area contributed by atoms with Gasteiger partial charge < -0.3 is 27.6 Å². The number of benzene rings is 17. The summed E-state index contributed by atoms with van der Waals surface area (Å²) in [5.74, 6) is 0. The van der Waals surface area contributed by atoms with Crippen molar-refractivity contribution >= 4 is 187 Å². The summed E-state index contributed by atoms with van der Waals surface area (Å²) in [4.78, 5) is 2.42. The second kappa shape index (κ2) is 24.1. The van der Waals surface area contributed by atoms with Crippen molar-refractivity contribution < 1.29 is 21.9 Å². The summed E-state index contributed by atoms with van der Waals surface area (Å²) in [5.41, 5.74) is 18.1. The van der Waals surface area contributed by atoms with Crippen LogP contribution in [0.1, 0.15) is 74.6 Å². The summed E-state index contributed by atoms with van der Waals surface area (Å²) >= 11 is 0. The highest BCUT2D eigenvalue weighted by Gasteiger charge is 2.46. The molecule has 0 amide bonds. The molecule has 0 unspecified atom stereocenters. The van der Waals surface area contributed by atoms with Crippen LogP contribution in [0.5, 0.6) is 0 Å². The molecule has 0 aliphatic carbocycles. The van der Waals surface area contributed by atoms with Gasteiger partial charge in [-0.15, -0.1) is 0 Å². The normalized spacial score (nSPS) is 14.9. The van der Waals surface area contributed by atoms with E-state index in [1.54, 1.807) is 9.13 Å². The first-order valence-corrected chi connectivity index (χ1v) is 39.9. The fraction of sp³-hybridized carbons (Fsp3) is 0.0727. The predicted molar refractivity (Wildman–Crippen MR) is 499 cm³/mol. The largest absolute Gasteiger partial charge is 0.310 e. The van der Waals surface area contributed by atoms with Gasteiger partial charge in [0, 0.05) is 110 Å². The van der Waals surface area contributed by atoms with E-state index in [1.807, 2.05) is 60.7 Å². The van der Waals surface area contributed by atoms with E-state index in [-0.39, 0.29) is 54.4 Å². The molecule has 550 valence electrons. The third-order valence-corrected chi connectivity index (χ3v) is 25.2. The van der Waals surface area contributed by atoms with Gasteiger partial charge in [0.05, 0.1) is 88.5 Å². The van der Waals surface area contributed by atoms with Crippen LogP contribution >= 0.6 is 0 Å². The van der Waals surface area contributed by atoms with Gasteiger partial charge in [0.25, 0.3) is 6.71 Å². The van der Waals surface area contributed by atoms with Crippen LogP contribution in [0.25, 0.3) is 192 Å². The maximum absolute atomic E-state index is 10.1. The Hall–Kier alpha value is -14.4. The van der Waals surface area contributed by atoms with Gasteiger partial charge in [-0.3, -0.25) is 0 Å². The Balaban J connectivity index is 0.944. The molecule has 0 radical (unpaired) electrons. The minimum Gasteiger partial charge on any atom is -0.310 e. The Kier molecular flexibility index (Phi) is 10.7. The van der Waals surface area contributed by atoms with E-state index in [0.29, 0.717) is 22.4 Å². The number of rotatable bonds is 6. The second-order valence-electron chi connectivity index (χ2n) is 33.5. The van der Waals surface area contributed by atoms with Gasteiger partial charge in [-0.25, -0.2) is 0 Å². The van der Waals surface area contributed by atoms with Crippen molar-refractivity contribution in [1.82, 2.24) is 22.7 Å². The van der Waals surface area contributed by atoms with E-state index in [4.69, 9.17) is 2.74 Å². The monoisotopic (exact) mass is 1510 g/mol. The predicted octanol–water partition coefficient (Wildman–Crippen LogP) is 27.2. The van der Waals surface area contributed by atoms with Crippen molar-refractivity contribution in [1.29, 1.82) is 0 Å². The first-order valence-electron chi connectivity index (χ1n) is 47.9. The van der Waals surface area contributed by atoms with E-state index in [2.05, 4.69) is 260 Å².